The van der Waals surface area contributed by atoms with Gasteiger partial charge in [0.2, 0.25) is 0 Å². The third-order valence-corrected chi connectivity index (χ3v) is 1.46. The minimum atomic E-state index is 0.842. The van der Waals surface area contributed by atoms with Gasteiger partial charge in [-0.25, -0.2) is 0 Å². The van der Waals surface area contributed by atoms with Gasteiger partial charge in [0.25, 0.3) is 0 Å². The number of unbranched alkanes of at least 4 members (excludes halogenated alkanes) is 3. The van der Waals surface area contributed by atoms with E-state index in [-0.39, 0.29) is 0 Å². The maximum Gasteiger partial charge on any atom is -0.00773 e. The molecule has 0 bridgehead atoms. The van der Waals surface area contributed by atoms with Gasteiger partial charge in [-0.15, -0.1) is 0 Å². The Labute approximate surface area is 64.3 Å². The zero-order valence-electron chi connectivity index (χ0n) is 7.19. The Kier molecular flexibility index (Phi) is 6.61. The van der Waals surface area contributed by atoms with E-state index < -0.39 is 0 Å². The number of hydrogen-bond acceptors (Lipinski definition) is 1. The summed E-state index contributed by atoms with van der Waals surface area (Å²) in [6.07, 6.45) is 7.26. The second-order valence-corrected chi connectivity index (χ2v) is 2.92. The Balaban J connectivity index is 2.98. The van der Waals surface area contributed by atoms with Crippen molar-refractivity contribution in [2.24, 2.45) is 5.73 Å². The first-order valence-electron chi connectivity index (χ1n) is 4.11. The summed E-state index contributed by atoms with van der Waals surface area (Å²) in [4.78, 5) is 0. The Morgan fingerprint density at radius 1 is 1.20 bits per heavy atom. The highest BCUT2D eigenvalue weighted by Crippen LogP contribution is 2.01. The van der Waals surface area contributed by atoms with Crippen LogP contribution in [-0.2, 0) is 0 Å². The van der Waals surface area contributed by atoms with Gasteiger partial charge in [0.15, 0.2) is 0 Å². The van der Waals surface area contributed by atoms with E-state index in [1.807, 2.05) is 0 Å². The largest absolute Gasteiger partial charge is 0.330 e. The average Bonchev–Trinajstić information content (AvgIpc) is 1.87. The molecule has 0 rings (SSSR count). The number of allylic oxidation sites excluding steroid dienone is 2. The van der Waals surface area contributed by atoms with E-state index in [4.69, 9.17) is 5.73 Å². The molecule has 0 saturated carbocycles. The molecule has 1 nitrogen and oxygen atoms in total. The van der Waals surface area contributed by atoms with Crippen LogP contribution in [-0.4, -0.2) is 6.54 Å². The van der Waals surface area contributed by atoms with Gasteiger partial charge < -0.3 is 5.73 Å². The second kappa shape index (κ2) is 6.81. The molecule has 2 N–H and O–H groups in total. The van der Waals surface area contributed by atoms with Gasteiger partial charge in [-0.1, -0.05) is 18.1 Å². The zero-order valence-corrected chi connectivity index (χ0v) is 7.19. The quantitative estimate of drug-likeness (QED) is 0.462. The molecule has 0 unspecified atom stereocenters. The first kappa shape index (κ1) is 9.70. The third-order valence-electron chi connectivity index (χ3n) is 1.46. The van der Waals surface area contributed by atoms with Crippen molar-refractivity contribution < 1.29 is 0 Å². The summed E-state index contributed by atoms with van der Waals surface area (Å²) < 4.78 is 0. The van der Waals surface area contributed by atoms with E-state index in [2.05, 4.69) is 19.9 Å². The minimum absolute atomic E-state index is 0.842. The molecule has 0 fully saturated rings. The smallest absolute Gasteiger partial charge is 0.00773 e. The summed E-state index contributed by atoms with van der Waals surface area (Å²) in [7, 11) is 0. The maximum atomic E-state index is 5.36. The number of hydrogen-bond donors (Lipinski definition) is 1. The van der Waals surface area contributed by atoms with Crippen molar-refractivity contribution in [3.63, 3.8) is 0 Å². The lowest BCUT2D eigenvalue weighted by molar-refractivity contribution is 0.694. The Morgan fingerprint density at radius 2 is 1.90 bits per heavy atom. The van der Waals surface area contributed by atoms with Crippen LogP contribution in [0.25, 0.3) is 0 Å². The fourth-order valence-corrected chi connectivity index (χ4v) is 0.856. The molecular formula is C9H19N. The van der Waals surface area contributed by atoms with Crippen LogP contribution in [0.15, 0.2) is 11.6 Å². The molecule has 0 atom stereocenters. The molecule has 0 saturated heterocycles. The molecule has 0 aromatic carbocycles. The lowest BCUT2D eigenvalue weighted by Gasteiger charge is -1.94. The normalized spacial score (nSPS) is 9.50. The molecule has 0 aliphatic rings. The Hall–Kier alpha value is -0.300. The molecule has 60 valence electrons. The van der Waals surface area contributed by atoms with Gasteiger partial charge in [-0.05, 0) is 39.7 Å². The molecule has 10 heavy (non-hydrogen) atoms. The molecule has 0 aromatic rings. The molecular weight excluding hydrogens is 122 g/mol. The van der Waals surface area contributed by atoms with Crippen molar-refractivity contribution in [1.82, 2.24) is 0 Å². The minimum Gasteiger partial charge on any atom is -0.330 e. The van der Waals surface area contributed by atoms with Crippen molar-refractivity contribution in [3.8, 4) is 0 Å². The van der Waals surface area contributed by atoms with Gasteiger partial charge in [-0.2, -0.15) is 0 Å². The summed E-state index contributed by atoms with van der Waals surface area (Å²) in [6, 6.07) is 0. The predicted octanol–water partition coefficient (Wildman–Crippen LogP) is 2.47. The lowest BCUT2D eigenvalue weighted by atomic mass is 10.1. The van der Waals surface area contributed by atoms with Gasteiger partial charge in [-0.3, -0.25) is 0 Å². The average molecular weight is 141 g/mol. The summed E-state index contributed by atoms with van der Waals surface area (Å²) >= 11 is 0. The van der Waals surface area contributed by atoms with E-state index in [1.165, 1.54) is 31.3 Å². The van der Waals surface area contributed by atoms with Crippen LogP contribution in [0.2, 0.25) is 0 Å². The first-order chi connectivity index (χ1) is 4.77. The van der Waals surface area contributed by atoms with Crippen molar-refractivity contribution in [3.05, 3.63) is 11.6 Å². The molecule has 0 radical (unpaired) electrons. The highest BCUT2D eigenvalue weighted by Gasteiger charge is 1.84. The first-order valence-corrected chi connectivity index (χ1v) is 4.11. The van der Waals surface area contributed by atoms with E-state index >= 15 is 0 Å². The second-order valence-electron chi connectivity index (χ2n) is 2.92. The zero-order chi connectivity index (χ0) is 7.82. The molecule has 0 amide bonds. The molecule has 0 aromatic heterocycles. The van der Waals surface area contributed by atoms with Crippen LogP contribution in [0.3, 0.4) is 0 Å². The Morgan fingerprint density at radius 3 is 2.40 bits per heavy atom. The van der Waals surface area contributed by atoms with Crippen LogP contribution < -0.4 is 5.73 Å². The van der Waals surface area contributed by atoms with E-state index in [0.717, 1.165) is 6.54 Å². The van der Waals surface area contributed by atoms with E-state index in [0.29, 0.717) is 0 Å². The molecule has 1 heteroatoms. The van der Waals surface area contributed by atoms with Gasteiger partial charge in [0.05, 0.1) is 0 Å². The highest BCUT2D eigenvalue weighted by atomic mass is 14.5. The third kappa shape index (κ3) is 7.70. The topological polar surface area (TPSA) is 26.0 Å². The lowest BCUT2D eigenvalue weighted by Crippen LogP contribution is -1.97. The summed E-state index contributed by atoms with van der Waals surface area (Å²) in [5.41, 5.74) is 6.78. The molecule has 0 spiro atoms. The van der Waals surface area contributed by atoms with Crippen LogP contribution in [0.4, 0.5) is 0 Å². The highest BCUT2D eigenvalue weighted by molar-refractivity contribution is 4.92. The van der Waals surface area contributed by atoms with Crippen LogP contribution in [0, 0.1) is 0 Å². The van der Waals surface area contributed by atoms with Crippen molar-refractivity contribution >= 4 is 0 Å². The molecule has 0 aliphatic heterocycles. The standard InChI is InChI=1S/C9H19N/c1-9(2)7-5-3-4-6-8-10/h7H,3-6,8,10H2,1-2H3. The number of rotatable bonds is 5. The SMILES string of the molecule is CC(C)=CCCCCCN. The van der Waals surface area contributed by atoms with Crippen LogP contribution in [0.1, 0.15) is 39.5 Å². The molecule has 0 aliphatic carbocycles. The fourth-order valence-electron chi connectivity index (χ4n) is 0.856. The van der Waals surface area contributed by atoms with Crippen molar-refractivity contribution in [1.29, 1.82) is 0 Å². The molecule has 0 heterocycles. The van der Waals surface area contributed by atoms with E-state index in [1.54, 1.807) is 0 Å². The maximum absolute atomic E-state index is 5.36. The summed E-state index contributed by atoms with van der Waals surface area (Å²) in [5.74, 6) is 0. The van der Waals surface area contributed by atoms with E-state index in [9.17, 15) is 0 Å². The van der Waals surface area contributed by atoms with Crippen LogP contribution in [0.5, 0.6) is 0 Å². The van der Waals surface area contributed by atoms with Crippen molar-refractivity contribution in [2.45, 2.75) is 39.5 Å². The number of nitrogens with two attached hydrogens (primary N) is 1. The van der Waals surface area contributed by atoms with Gasteiger partial charge in [0.1, 0.15) is 0 Å². The van der Waals surface area contributed by atoms with Gasteiger partial charge in [0, 0.05) is 0 Å². The summed E-state index contributed by atoms with van der Waals surface area (Å²) in [5, 5.41) is 0. The van der Waals surface area contributed by atoms with Gasteiger partial charge >= 0.3 is 0 Å². The van der Waals surface area contributed by atoms with Crippen molar-refractivity contribution in [2.75, 3.05) is 6.54 Å². The summed E-state index contributed by atoms with van der Waals surface area (Å²) in [6.45, 7) is 5.13. The van der Waals surface area contributed by atoms with Crippen LogP contribution >= 0.6 is 0 Å². The predicted molar refractivity (Wildman–Crippen MR) is 47.0 cm³/mol. The monoisotopic (exact) mass is 141 g/mol. The fraction of sp³-hybridized carbons (Fsp3) is 0.778. The Bertz CT molecular complexity index is 90.9.